The predicted molar refractivity (Wildman–Crippen MR) is 77.6 cm³/mol. The van der Waals surface area contributed by atoms with E-state index in [1.807, 2.05) is 0 Å². The minimum atomic E-state index is -2.98. The maximum absolute atomic E-state index is 12.2. The molecule has 2 rings (SSSR count). The lowest BCUT2D eigenvalue weighted by Crippen LogP contribution is -2.21. The van der Waals surface area contributed by atoms with Gasteiger partial charge in [0.05, 0.1) is 5.69 Å². The van der Waals surface area contributed by atoms with Gasteiger partial charge in [-0.3, -0.25) is 14.3 Å². The van der Waals surface area contributed by atoms with Gasteiger partial charge in [-0.1, -0.05) is 6.07 Å². The third-order valence-corrected chi connectivity index (χ3v) is 2.84. The summed E-state index contributed by atoms with van der Waals surface area (Å²) in [5, 5.41) is 8.88. The second-order valence-electron chi connectivity index (χ2n) is 4.50. The molecule has 0 fully saturated rings. The number of nitrogens with one attached hydrogen (secondary N) is 2. The fourth-order valence-corrected chi connectivity index (χ4v) is 1.87. The Hall–Kier alpha value is -2.97. The lowest BCUT2D eigenvalue weighted by atomic mass is 10.2. The van der Waals surface area contributed by atoms with Crippen LogP contribution in [0.4, 0.5) is 14.5 Å². The topological polar surface area (TPSA) is 85.3 Å². The number of halogens is 2. The molecule has 0 atom stereocenters. The maximum atomic E-state index is 12.2. The molecule has 2 aromatic rings. The van der Waals surface area contributed by atoms with E-state index in [0.29, 0.717) is 0 Å². The van der Waals surface area contributed by atoms with E-state index in [-0.39, 0.29) is 22.7 Å². The van der Waals surface area contributed by atoms with Gasteiger partial charge in [-0.25, -0.2) is 0 Å². The quantitative estimate of drug-likeness (QED) is 0.875. The van der Waals surface area contributed by atoms with Gasteiger partial charge in [0.25, 0.3) is 11.8 Å². The molecule has 9 heteroatoms. The van der Waals surface area contributed by atoms with E-state index >= 15 is 0 Å². The molecule has 7 nitrogen and oxygen atoms in total. The first-order chi connectivity index (χ1) is 10.9. The second kappa shape index (κ2) is 6.86. The fourth-order valence-electron chi connectivity index (χ4n) is 1.87. The first-order valence-corrected chi connectivity index (χ1v) is 6.52. The zero-order valence-corrected chi connectivity index (χ0v) is 12.3. The number of nitrogens with zero attached hydrogens (tertiary/aromatic N) is 2. The van der Waals surface area contributed by atoms with Gasteiger partial charge in [0.2, 0.25) is 0 Å². The molecule has 0 radical (unpaired) electrons. The summed E-state index contributed by atoms with van der Waals surface area (Å²) >= 11 is 0. The minimum absolute atomic E-state index is 0.0448. The number of ether oxygens (including phenoxy) is 1. The van der Waals surface area contributed by atoms with E-state index in [1.165, 1.54) is 42.2 Å². The zero-order chi connectivity index (χ0) is 17.0. The van der Waals surface area contributed by atoms with Crippen LogP contribution in [0.3, 0.4) is 0 Å². The van der Waals surface area contributed by atoms with Crippen LogP contribution in [0.25, 0.3) is 0 Å². The molecule has 0 aliphatic carbocycles. The summed E-state index contributed by atoms with van der Waals surface area (Å²) in [5.41, 5.74) is 0.357. The zero-order valence-electron chi connectivity index (χ0n) is 12.3. The molecule has 0 spiro atoms. The summed E-state index contributed by atoms with van der Waals surface area (Å²) in [4.78, 5) is 23.9. The molecule has 0 aliphatic rings. The lowest BCUT2D eigenvalue weighted by molar-refractivity contribution is -0.0498. The van der Waals surface area contributed by atoms with Crippen molar-refractivity contribution < 1.29 is 23.1 Å². The highest BCUT2D eigenvalue weighted by molar-refractivity contribution is 6.08. The number of carbonyl (C=O) groups is 2. The molecule has 0 saturated carbocycles. The van der Waals surface area contributed by atoms with Crippen molar-refractivity contribution in [1.82, 2.24) is 15.1 Å². The number of aryl methyl sites for hydroxylation is 1. The third-order valence-electron chi connectivity index (χ3n) is 2.84. The number of rotatable bonds is 5. The summed E-state index contributed by atoms with van der Waals surface area (Å²) in [6.07, 6.45) is 1.46. The van der Waals surface area contributed by atoms with Gasteiger partial charge in [-0.2, -0.15) is 13.9 Å². The van der Waals surface area contributed by atoms with E-state index in [1.54, 1.807) is 7.05 Å². The van der Waals surface area contributed by atoms with Crippen molar-refractivity contribution in [2.24, 2.45) is 7.05 Å². The number of amides is 2. The van der Waals surface area contributed by atoms with Crippen LogP contribution >= 0.6 is 0 Å². The first kappa shape index (κ1) is 16.4. The lowest BCUT2D eigenvalue weighted by Gasteiger charge is -2.07. The predicted octanol–water partition coefficient (Wildman–Crippen LogP) is 1.63. The summed E-state index contributed by atoms with van der Waals surface area (Å²) in [6.45, 7) is -2.98. The Balaban J connectivity index is 2.21. The van der Waals surface area contributed by atoms with Crippen molar-refractivity contribution in [3.63, 3.8) is 0 Å². The molecular weight excluding hydrogens is 310 g/mol. The Morgan fingerprint density at radius 3 is 2.70 bits per heavy atom. The number of carbonyl (C=O) groups excluding carboxylic acids is 2. The van der Waals surface area contributed by atoms with Gasteiger partial charge in [0.15, 0.2) is 5.69 Å². The average molecular weight is 324 g/mol. The normalized spacial score (nSPS) is 10.5. The average Bonchev–Trinajstić information content (AvgIpc) is 2.86. The van der Waals surface area contributed by atoms with Crippen LogP contribution in [0.5, 0.6) is 5.75 Å². The van der Waals surface area contributed by atoms with Crippen LogP contribution in [-0.2, 0) is 7.05 Å². The van der Waals surface area contributed by atoms with Crippen LogP contribution in [0.2, 0.25) is 0 Å². The van der Waals surface area contributed by atoms with Crippen molar-refractivity contribution in [2.75, 3.05) is 12.4 Å². The van der Waals surface area contributed by atoms with E-state index in [4.69, 9.17) is 0 Å². The van der Waals surface area contributed by atoms with Gasteiger partial charge >= 0.3 is 6.61 Å². The first-order valence-electron chi connectivity index (χ1n) is 6.52. The van der Waals surface area contributed by atoms with Crippen molar-refractivity contribution >= 4 is 17.5 Å². The standard InChI is InChI=1S/C14H14F2N4O3/c1-17-13(22)11-10(7-20(2)19-11)18-12(21)8-4-3-5-9(6-8)23-14(15)16/h3-7,14H,1-2H3,(H,17,22)(H,18,21). The number of hydrogen-bond donors (Lipinski definition) is 2. The Bertz CT molecular complexity index is 731. The molecule has 1 aromatic carbocycles. The minimum Gasteiger partial charge on any atom is -0.435 e. The summed E-state index contributed by atoms with van der Waals surface area (Å²) in [7, 11) is 3.03. The number of benzene rings is 1. The molecule has 0 aliphatic heterocycles. The van der Waals surface area contributed by atoms with E-state index in [0.717, 1.165) is 0 Å². The van der Waals surface area contributed by atoms with Crippen LogP contribution in [0, 0.1) is 0 Å². The third kappa shape index (κ3) is 4.02. The smallest absolute Gasteiger partial charge is 0.387 e. The van der Waals surface area contributed by atoms with Gasteiger partial charge in [0.1, 0.15) is 5.75 Å². The number of hydrogen-bond acceptors (Lipinski definition) is 4. The second-order valence-corrected chi connectivity index (χ2v) is 4.50. The molecular formula is C14H14F2N4O3. The highest BCUT2D eigenvalue weighted by Gasteiger charge is 2.18. The van der Waals surface area contributed by atoms with Crippen LogP contribution in [0.15, 0.2) is 30.5 Å². The molecule has 2 amide bonds. The Kier molecular flexibility index (Phi) is 4.89. The molecule has 0 bridgehead atoms. The number of aromatic nitrogens is 2. The Morgan fingerprint density at radius 2 is 2.04 bits per heavy atom. The summed E-state index contributed by atoms with van der Waals surface area (Å²) < 4.78 is 30.0. The summed E-state index contributed by atoms with van der Waals surface area (Å²) in [5.74, 6) is -1.18. The molecule has 2 N–H and O–H groups in total. The van der Waals surface area contributed by atoms with E-state index < -0.39 is 18.4 Å². The Morgan fingerprint density at radius 1 is 1.30 bits per heavy atom. The molecule has 0 saturated heterocycles. The Labute approximate surface area is 130 Å². The molecule has 122 valence electrons. The van der Waals surface area contributed by atoms with Gasteiger partial charge < -0.3 is 15.4 Å². The van der Waals surface area contributed by atoms with Crippen LogP contribution in [-0.4, -0.2) is 35.3 Å². The van der Waals surface area contributed by atoms with Crippen molar-refractivity contribution in [3.8, 4) is 5.75 Å². The van der Waals surface area contributed by atoms with Gasteiger partial charge in [0, 0.05) is 25.9 Å². The molecule has 23 heavy (non-hydrogen) atoms. The van der Waals surface area contributed by atoms with Crippen molar-refractivity contribution in [2.45, 2.75) is 6.61 Å². The fraction of sp³-hybridized carbons (Fsp3) is 0.214. The SMILES string of the molecule is CNC(=O)c1nn(C)cc1NC(=O)c1cccc(OC(F)F)c1. The monoisotopic (exact) mass is 324 g/mol. The number of alkyl halides is 2. The van der Waals surface area contributed by atoms with Crippen molar-refractivity contribution in [3.05, 3.63) is 41.7 Å². The van der Waals surface area contributed by atoms with Gasteiger partial charge in [-0.05, 0) is 18.2 Å². The highest BCUT2D eigenvalue weighted by atomic mass is 19.3. The van der Waals surface area contributed by atoms with Gasteiger partial charge in [-0.15, -0.1) is 0 Å². The highest BCUT2D eigenvalue weighted by Crippen LogP contribution is 2.18. The van der Waals surface area contributed by atoms with Crippen molar-refractivity contribution in [1.29, 1.82) is 0 Å². The van der Waals surface area contributed by atoms with Crippen LogP contribution < -0.4 is 15.4 Å². The largest absolute Gasteiger partial charge is 0.435 e. The van der Waals surface area contributed by atoms with Crippen LogP contribution in [0.1, 0.15) is 20.8 Å². The molecule has 1 aromatic heterocycles. The van der Waals surface area contributed by atoms with E-state index in [2.05, 4.69) is 20.5 Å². The van der Waals surface area contributed by atoms with E-state index in [9.17, 15) is 18.4 Å². The number of anilines is 1. The molecule has 1 heterocycles. The summed E-state index contributed by atoms with van der Waals surface area (Å²) in [6, 6.07) is 5.33. The maximum Gasteiger partial charge on any atom is 0.387 e. The molecule has 0 unspecified atom stereocenters.